The third kappa shape index (κ3) is 2.61. The van der Waals surface area contributed by atoms with Crippen molar-refractivity contribution in [3.8, 4) is 5.75 Å². The fourth-order valence-electron chi connectivity index (χ4n) is 2.87. The van der Waals surface area contributed by atoms with E-state index in [4.69, 9.17) is 19.9 Å². The van der Waals surface area contributed by atoms with Crippen molar-refractivity contribution in [3.63, 3.8) is 0 Å². The van der Waals surface area contributed by atoms with Crippen molar-refractivity contribution in [2.45, 2.75) is 44.1 Å². The van der Waals surface area contributed by atoms with Gasteiger partial charge in [-0.1, -0.05) is 18.2 Å². The van der Waals surface area contributed by atoms with Crippen LogP contribution in [-0.2, 0) is 9.47 Å². The van der Waals surface area contributed by atoms with Gasteiger partial charge in [-0.3, -0.25) is 0 Å². The predicted octanol–water partition coefficient (Wildman–Crippen LogP) is 2.00. The maximum Gasteiger partial charge on any atom is 0.172 e. The van der Waals surface area contributed by atoms with E-state index in [1.165, 1.54) is 0 Å². The number of hydrogen-bond acceptors (Lipinski definition) is 4. The molecule has 3 rings (SSSR count). The van der Waals surface area contributed by atoms with Crippen LogP contribution in [0.15, 0.2) is 24.3 Å². The lowest BCUT2D eigenvalue weighted by atomic mass is 9.88. The monoisotopic (exact) mass is 263 g/mol. The highest BCUT2D eigenvalue weighted by Crippen LogP contribution is 2.37. The number of para-hydroxylation sites is 1. The van der Waals surface area contributed by atoms with Gasteiger partial charge in [-0.2, -0.15) is 0 Å². The number of ether oxygens (including phenoxy) is 3. The molecular formula is C15H21NO3. The molecule has 1 aromatic rings. The maximum absolute atomic E-state index is 6.19. The van der Waals surface area contributed by atoms with E-state index in [1.54, 1.807) is 0 Å². The molecule has 1 heterocycles. The molecule has 4 heteroatoms. The van der Waals surface area contributed by atoms with Crippen LogP contribution in [0.4, 0.5) is 0 Å². The average Bonchev–Trinajstić information content (AvgIpc) is 2.85. The highest BCUT2D eigenvalue weighted by atomic mass is 16.7. The molecule has 0 bridgehead atoms. The van der Waals surface area contributed by atoms with Crippen LogP contribution in [0.3, 0.4) is 0 Å². The van der Waals surface area contributed by atoms with Crippen LogP contribution in [-0.4, -0.2) is 31.1 Å². The van der Waals surface area contributed by atoms with E-state index in [1.807, 2.05) is 31.2 Å². The maximum atomic E-state index is 6.19. The Labute approximate surface area is 113 Å². The molecule has 2 unspecified atom stereocenters. The first kappa shape index (κ1) is 12.9. The summed E-state index contributed by atoms with van der Waals surface area (Å²) in [5, 5.41) is 0. The first-order valence-corrected chi connectivity index (χ1v) is 6.94. The molecule has 1 spiro atoms. The van der Waals surface area contributed by atoms with Crippen molar-refractivity contribution in [1.29, 1.82) is 0 Å². The second-order valence-corrected chi connectivity index (χ2v) is 5.44. The Kier molecular flexibility index (Phi) is 3.48. The second-order valence-electron chi connectivity index (χ2n) is 5.44. The standard InChI is InChI=1S/C15H21NO3/c1-11-4-2-3-5-13(11)19-14-10-15(7-6-12(14)16)17-8-9-18-15/h2-5,12,14H,6-10,16H2,1H3. The van der Waals surface area contributed by atoms with Crippen LogP contribution in [0.5, 0.6) is 5.75 Å². The first-order chi connectivity index (χ1) is 9.19. The molecule has 2 atom stereocenters. The fourth-order valence-corrected chi connectivity index (χ4v) is 2.87. The molecular weight excluding hydrogens is 242 g/mol. The highest BCUT2D eigenvalue weighted by molar-refractivity contribution is 5.32. The summed E-state index contributed by atoms with van der Waals surface area (Å²) in [6.07, 6.45) is 2.40. The van der Waals surface area contributed by atoms with Gasteiger partial charge in [0, 0.05) is 18.9 Å². The molecule has 2 N–H and O–H groups in total. The Morgan fingerprint density at radius 1 is 1.26 bits per heavy atom. The van der Waals surface area contributed by atoms with E-state index in [-0.39, 0.29) is 12.1 Å². The predicted molar refractivity (Wildman–Crippen MR) is 72.1 cm³/mol. The topological polar surface area (TPSA) is 53.7 Å². The van der Waals surface area contributed by atoms with Gasteiger partial charge in [-0.15, -0.1) is 0 Å². The van der Waals surface area contributed by atoms with E-state index >= 15 is 0 Å². The van der Waals surface area contributed by atoms with Gasteiger partial charge >= 0.3 is 0 Å². The summed E-state index contributed by atoms with van der Waals surface area (Å²) >= 11 is 0. The number of nitrogens with two attached hydrogens (primary N) is 1. The molecule has 1 saturated carbocycles. The van der Waals surface area contributed by atoms with Crippen LogP contribution >= 0.6 is 0 Å². The summed E-state index contributed by atoms with van der Waals surface area (Å²) in [5.74, 6) is 0.446. The van der Waals surface area contributed by atoms with E-state index < -0.39 is 5.79 Å². The van der Waals surface area contributed by atoms with E-state index in [0.29, 0.717) is 19.6 Å². The minimum Gasteiger partial charge on any atom is -0.488 e. The first-order valence-electron chi connectivity index (χ1n) is 6.94. The lowest BCUT2D eigenvalue weighted by molar-refractivity contribution is -0.195. The fraction of sp³-hybridized carbons (Fsp3) is 0.600. The lowest BCUT2D eigenvalue weighted by Gasteiger charge is -2.39. The molecule has 4 nitrogen and oxygen atoms in total. The molecule has 2 aliphatic rings. The zero-order valence-electron chi connectivity index (χ0n) is 11.3. The van der Waals surface area contributed by atoms with Crippen LogP contribution in [0.2, 0.25) is 0 Å². The van der Waals surface area contributed by atoms with E-state index in [9.17, 15) is 0 Å². The number of benzene rings is 1. The van der Waals surface area contributed by atoms with Crippen LogP contribution in [0, 0.1) is 6.92 Å². The Morgan fingerprint density at radius 2 is 2.00 bits per heavy atom. The lowest BCUT2D eigenvalue weighted by Crippen LogP contribution is -2.51. The summed E-state index contributed by atoms with van der Waals surface area (Å²) < 4.78 is 17.6. The molecule has 1 aromatic carbocycles. The molecule has 1 aliphatic carbocycles. The van der Waals surface area contributed by atoms with Gasteiger partial charge in [0.15, 0.2) is 5.79 Å². The summed E-state index contributed by atoms with van der Waals surface area (Å²) in [7, 11) is 0. The smallest absolute Gasteiger partial charge is 0.172 e. The quantitative estimate of drug-likeness (QED) is 0.886. The van der Waals surface area contributed by atoms with Crippen molar-refractivity contribution in [3.05, 3.63) is 29.8 Å². The molecule has 19 heavy (non-hydrogen) atoms. The van der Waals surface area contributed by atoms with Crippen molar-refractivity contribution in [2.75, 3.05) is 13.2 Å². The third-order valence-corrected chi connectivity index (χ3v) is 4.03. The van der Waals surface area contributed by atoms with Gasteiger partial charge in [0.25, 0.3) is 0 Å². The summed E-state index contributed by atoms with van der Waals surface area (Å²) in [4.78, 5) is 0. The third-order valence-electron chi connectivity index (χ3n) is 4.03. The second kappa shape index (κ2) is 5.12. The number of hydrogen-bond donors (Lipinski definition) is 1. The van der Waals surface area contributed by atoms with Gasteiger partial charge in [-0.05, 0) is 25.0 Å². The van der Waals surface area contributed by atoms with Crippen molar-refractivity contribution < 1.29 is 14.2 Å². The summed E-state index contributed by atoms with van der Waals surface area (Å²) in [6.45, 7) is 3.39. The Balaban J connectivity index is 1.73. The van der Waals surface area contributed by atoms with E-state index in [0.717, 1.165) is 24.2 Å². The highest BCUT2D eigenvalue weighted by Gasteiger charge is 2.45. The molecule has 104 valence electrons. The van der Waals surface area contributed by atoms with Crippen molar-refractivity contribution in [1.82, 2.24) is 0 Å². The summed E-state index contributed by atoms with van der Waals surface area (Å²) in [6, 6.07) is 8.06. The molecule has 1 saturated heterocycles. The largest absolute Gasteiger partial charge is 0.488 e. The average molecular weight is 263 g/mol. The Hall–Kier alpha value is -1.10. The molecule has 2 fully saturated rings. The van der Waals surface area contributed by atoms with Gasteiger partial charge in [0.1, 0.15) is 11.9 Å². The minimum atomic E-state index is -0.455. The number of rotatable bonds is 2. The molecule has 0 radical (unpaired) electrons. The Bertz CT molecular complexity index is 443. The molecule has 1 aliphatic heterocycles. The normalized spacial score (nSPS) is 29.6. The van der Waals surface area contributed by atoms with Crippen molar-refractivity contribution >= 4 is 0 Å². The van der Waals surface area contributed by atoms with E-state index in [2.05, 4.69) is 0 Å². The summed E-state index contributed by atoms with van der Waals surface area (Å²) in [5.41, 5.74) is 7.32. The minimum absolute atomic E-state index is 0.0398. The SMILES string of the molecule is Cc1ccccc1OC1CC2(CCC1N)OCCO2. The van der Waals surface area contributed by atoms with Gasteiger partial charge in [0.2, 0.25) is 0 Å². The molecule has 0 aromatic heterocycles. The number of aryl methyl sites for hydroxylation is 1. The zero-order valence-corrected chi connectivity index (χ0v) is 11.3. The van der Waals surface area contributed by atoms with Gasteiger partial charge in [0.05, 0.1) is 13.2 Å². The Morgan fingerprint density at radius 3 is 2.74 bits per heavy atom. The van der Waals surface area contributed by atoms with Crippen molar-refractivity contribution in [2.24, 2.45) is 5.73 Å². The van der Waals surface area contributed by atoms with Crippen LogP contribution in [0.1, 0.15) is 24.8 Å². The van der Waals surface area contributed by atoms with Crippen LogP contribution < -0.4 is 10.5 Å². The van der Waals surface area contributed by atoms with Crippen LogP contribution in [0.25, 0.3) is 0 Å². The van der Waals surface area contributed by atoms with Gasteiger partial charge in [-0.25, -0.2) is 0 Å². The molecule has 0 amide bonds. The zero-order chi connectivity index (χ0) is 13.3. The van der Waals surface area contributed by atoms with Gasteiger partial charge < -0.3 is 19.9 Å².